The summed E-state index contributed by atoms with van der Waals surface area (Å²) >= 11 is 0. The number of aliphatic carboxylic acids is 1. The fraction of sp³-hybridized carbons (Fsp3) is 0.385. The lowest BCUT2D eigenvalue weighted by atomic mass is 10.1. The second-order valence-corrected chi connectivity index (χ2v) is 4.49. The van der Waals surface area contributed by atoms with Gasteiger partial charge in [-0.15, -0.1) is 0 Å². The number of nitrogens with one attached hydrogen (secondary N) is 2. The van der Waals surface area contributed by atoms with E-state index >= 15 is 0 Å². The van der Waals surface area contributed by atoms with Crippen LogP contribution >= 0.6 is 0 Å². The summed E-state index contributed by atoms with van der Waals surface area (Å²) in [4.78, 5) is 32.7. The second-order valence-electron chi connectivity index (χ2n) is 4.49. The maximum Gasteiger partial charge on any atom is 0.305 e. The first-order chi connectivity index (χ1) is 9.85. The number of amides is 1. The normalized spacial score (nSPS) is 11.5. The Morgan fingerprint density at radius 1 is 1.43 bits per heavy atom. The number of nitro groups is 1. The molecular formula is C13H17N3O5. The van der Waals surface area contributed by atoms with E-state index in [9.17, 15) is 19.7 Å². The number of carbonyl (C=O) groups excluding carboxylic acids is 1. The number of anilines is 1. The number of nitro benzene ring substituents is 1. The molecular weight excluding hydrogens is 278 g/mol. The predicted molar refractivity (Wildman–Crippen MR) is 76.4 cm³/mol. The molecule has 1 aromatic carbocycles. The largest absolute Gasteiger partial charge is 0.481 e. The van der Waals surface area contributed by atoms with E-state index in [4.69, 9.17) is 5.11 Å². The average molecular weight is 295 g/mol. The summed E-state index contributed by atoms with van der Waals surface area (Å²) in [5.74, 6) is -1.40. The van der Waals surface area contributed by atoms with Crippen molar-refractivity contribution in [1.82, 2.24) is 5.32 Å². The van der Waals surface area contributed by atoms with Crippen LogP contribution in [0.15, 0.2) is 18.2 Å². The number of carboxylic acid groups (broad SMARTS) is 1. The summed E-state index contributed by atoms with van der Waals surface area (Å²) in [5, 5.41) is 25.1. The summed E-state index contributed by atoms with van der Waals surface area (Å²) in [6.07, 6.45) is -0.171. The molecule has 0 radical (unpaired) electrons. The highest BCUT2D eigenvalue weighted by molar-refractivity contribution is 5.95. The van der Waals surface area contributed by atoms with E-state index in [2.05, 4.69) is 10.6 Å². The van der Waals surface area contributed by atoms with Gasteiger partial charge in [-0.1, -0.05) is 0 Å². The maximum absolute atomic E-state index is 11.7. The summed E-state index contributed by atoms with van der Waals surface area (Å²) in [7, 11) is 0. The maximum atomic E-state index is 11.7. The Balaban J connectivity index is 3.02. The van der Waals surface area contributed by atoms with Crippen molar-refractivity contribution in [3.63, 3.8) is 0 Å². The van der Waals surface area contributed by atoms with Gasteiger partial charge in [0, 0.05) is 24.2 Å². The van der Waals surface area contributed by atoms with Crippen molar-refractivity contribution in [3.8, 4) is 0 Å². The minimum Gasteiger partial charge on any atom is -0.481 e. The monoisotopic (exact) mass is 295 g/mol. The first kappa shape index (κ1) is 16.4. The Labute approximate surface area is 121 Å². The molecule has 0 aliphatic heterocycles. The van der Waals surface area contributed by atoms with E-state index in [0.29, 0.717) is 6.54 Å². The Hall–Kier alpha value is -2.64. The molecule has 114 valence electrons. The van der Waals surface area contributed by atoms with Gasteiger partial charge in [-0.2, -0.15) is 0 Å². The van der Waals surface area contributed by atoms with Gasteiger partial charge in [-0.3, -0.25) is 19.7 Å². The zero-order chi connectivity index (χ0) is 16.0. The molecule has 0 aliphatic rings. The van der Waals surface area contributed by atoms with E-state index < -0.39 is 22.8 Å². The molecule has 8 heteroatoms. The molecule has 0 saturated heterocycles. The minimum atomic E-state index is -1.00. The van der Waals surface area contributed by atoms with Gasteiger partial charge in [0.1, 0.15) is 5.69 Å². The van der Waals surface area contributed by atoms with E-state index in [1.807, 2.05) is 0 Å². The van der Waals surface area contributed by atoms with E-state index in [-0.39, 0.29) is 23.4 Å². The van der Waals surface area contributed by atoms with Gasteiger partial charge in [-0.25, -0.2) is 0 Å². The highest BCUT2D eigenvalue weighted by Crippen LogP contribution is 2.26. The molecule has 8 nitrogen and oxygen atoms in total. The summed E-state index contributed by atoms with van der Waals surface area (Å²) in [5.41, 5.74) is 0.0952. The van der Waals surface area contributed by atoms with Crippen molar-refractivity contribution >= 4 is 23.3 Å². The first-order valence-corrected chi connectivity index (χ1v) is 6.40. The van der Waals surface area contributed by atoms with Gasteiger partial charge in [0.2, 0.25) is 0 Å². The Morgan fingerprint density at radius 3 is 2.62 bits per heavy atom. The van der Waals surface area contributed by atoms with Crippen LogP contribution < -0.4 is 10.6 Å². The van der Waals surface area contributed by atoms with Gasteiger partial charge in [-0.05, 0) is 26.0 Å². The predicted octanol–water partition coefficient (Wildman–Crippen LogP) is 1.62. The molecule has 1 atom stereocenters. The van der Waals surface area contributed by atoms with Crippen LogP contribution in [0, 0.1) is 10.1 Å². The summed E-state index contributed by atoms with van der Waals surface area (Å²) in [6.45, 7) is 3.77. The number of benzene rings is 1. The lowest BCUT2D eigenvalue weighted by molar-refractivity contribution is -0.384. The minimum absolute atomic E-state index is 0.171. The molecule has 1 rings (SSSR count). The molecule has 0 aromatic heterocycles. The summed E-state index contributed by atoms with van der Waals surface area (Å²) in [6, 6.07) is 3.55. The molecule has 0 spiro atoms. The van der Waals surface area contributed by atoms with E-state index in [0.717, 1.165) is 0 Å². The number of carboxylic acids is 1. The van der Waals surface area contributed by atoms with Crippen molar-refractivity contribution in [2.75, 3.05) is 11.9 Å². The highest BCUT2D eigenvalue weighted by Gasteiger charge is 2.19. The molecule has 0 fully saturated rings. The molecule has 3 N–H and O–H groups in total. The number of hydrogen-bond acceptors (Lipinski definition) is 5. The zero-order valence-corrected chi connectivity index (χ0v) is 11.8. The molecule has 21 heavy (non-hydrogen) atoms. The molecule has 0 heterocycles. The van der Waals surface area contributed by atoms with Crippen molar-refractivity contribution < 1.29 is 19.6 Å². The average Bonchev–Trinajstić information content (AvgIpc) is 2.38. The Kier molecular flexibility index (Phi) is 5.65. The Bertz CT molecular complexity index is 559. The third kappa shape index (κ3) is 4.75. The van der Waals surface area contributed by atoms with Gasteiger partial charge in [0.15, 0.2) is 0 Å². The Morgan fingerprint density at radius 2 is 2.10 bits per heavy atom. The van der Waals surface area contributed by atoms with Crippen LogP contribution in [0.5, 0.6) is 0 Å². The smallest absolute Gasteiger partial charge is 0.305 e. The molecule has 0 bridgehead atoms. The van der Waals surface area contributed by atoms with Crippen molar-refractivity contribution in [2.24, 2.45) is 0 Å². The van der Waals surface area contributed by atoms with Crippen LogP contribution in [-0.2, 0) is 4.79 Å². The van der Waals surface area contributed by atoms with Crippen LogP contribution in [0.1, 0.15) is 30.6 Å². The number of hydrogen-bond donors (Lipinski definition) is 3. The van der Waals surface area contributed by atoms with Crippen LogP contribution in [-0.4, -0.2) is 34.5 Å². The summed E-state index contributed by atoms with van der Waals surface area (Å²) < 4.78 is 0. The van der Waals surface area contributed by atoms with Crippen molar-refractivity contribution in [1.29, 1.82) is 0 Å². The fourth-order valence-corrected chi connectivity index (χ4v) is 1.79. The SMILES string of the molecule is CCNC(=O)c1ccc(NC(C)CC(=O)O)c([N+](=O)[O-])c1. The highest BCUT2D eigenvalue weighted by atomic mass is 16.6. The van der Waals surface area contributed by atoms with Gasteiger partial charge in [0.25, 0.3) is 11.6 Å². The van der Waals surface area contributed by atoms with E-state index in [1.165, 1.54) is 18.2 Å². The second kappa shape index (κ2) is 7.22. The molecule has 1 amide bonds. The quantitative estimate of drug-likeness (QED) is 0.519. The van der Waals surface area contributed by atoms with Crippen molar-refractivity contribution in [2.45, 2.75) is 26.3 Å². The van der Waals surface area contributed by atoms with Gasteiger partial charge in [0.05, 0.1) is 11.3 Å². The lowest BCUT2D eigenvalue weighted by Crippen LogP contribution is -2.23. The molecule has 1 unspecified atom stereocenters. The third-order valence-electron chi connectivity index (χ3n) is 2.68. The van der Waals surface area contributed by atoms with Gasteiger partial charge < -0.3 is 15.7 Å². The number of rotatable bonds is 7. The van der Waals surface area contributed by atoms with Crippen LogP contribution in [0.25, 0.3) is 0 Å². The van der Waals surface area contributed by atoms with Crippen molar-refractivity contribution in [3.05, 3.63) is 33.9 Å². The number of nitrogens with zero attached hydrogens (tertiary/aromatic N) is 1. The van der Waals surface area contributed by atoms with Crippen LogP contribution in [0.4, 0.5) is 11.4 Å². The fourth-order valence-electron chi connectivity index (χ4n) is 1.79. The number of carbonyl (C=O) groups is 2. The standard InChI is InChI=1S/C13H17N3O5/c1-3-14-13(19)9-4-5-10(11(7-9)16(20)21)15-8(2)6-12(17)18/h4-5,7-8,15H,3,6H2,1-2H3,(H,14,19)(H,17,18). The molecule has 1 aromatic rings. The topological polar surface area (TPSA) is 122 Å². The zero-order valence-electron chi connectivity index (χ0n) is 11.8. The molecule has 0 aliphatic carbocycles. The van der Waals surface area contributed by atoms with Crippen LogP contribution in [0.3, 0.4) is 0 Å². The molecule has 0 saturated carbocycles. The van der Waals surface area contributed by atoms with Gasteiger partial charge >= 0.3 is 5.97 Å². The van der Waals surface area contributed by atoms with Crippen LogP contribution in [0.2, 0.25) is 0 Å². The van der Waals surface area contributed by atoms with E-state index in [1.54, 1.807) is 13.8 Å². The lowest BCUT2D eigenvalue weighted by Gasteiger charge is -2.13. The first-order valence-electron chi connectivity index (χ1n) is 6.40. The third-order valence-corrected chi connectivity index (χ3v) is 2.68.